The first-order valence-corrected chi connectivity index (χ1v) is 7.63. The molecule has 2 aromatic rings. The van der Waals surface area contributed by atoms with Crippen molar-refractivity contribution in [2.45, 2.75) is 34.1 Å². The zero-order valence-corrected chi connectivity index (χ0v) is 14.4. The summed E-state index contributed by atoms with van der Waals surface area (Å²) in [5.41, 5.74) is 2.98. The number of benzene rings is 2. The molecule has 0 aliphatic carbocycles. The van der Waals surface area contributed by atoms with Gasteiger partial charge in [-0.2, -0.15) is 10.2 Å². The summed E-state index contributed by atoms with van der Waals surface area (Å²) >= 11 is 0. The van der Waals surface area contributed by atoms with Gasteiger partial charge in [-0.3, -0.25) is 4.79 Å². The molecule has 0 unspecified atom stereocenters. The van der Waals surface area contributed by atoms with Crippen LogP contribution in [-0.2, 0) is 11.2 Å². The lowest BCUT2D eigenvalue weighted by atomic mass is 10.1. The zero-order chi connectivity index (χ0) is 18.5. The number of hydrogen-bond donors (Lipinski definition) is 3. The van der Waals surface area contributed by atoms with Gasteiger partial charge >= 0.3 is 0 Å². The lowest BCUT2D eigenvalue weighted by Crippen LogP contribution is -1.80. The van der Waals surface area contributed by atoms with E-state index in [1.165, 1.54) is 0 Å². The van der Waals surface area contributed by atoms with E-state index in [0.29, 0.717) is 11.4 Å². The molecule has 2 rings (SSSR count). The van der Waals surface area contributed by atoms with Crippen LogP contribution in [0.5, 0.6) is 11.5 Å². The molecule has 6 heteroatoms. The molecule has 24 heavy (non-hydrogen) atoms. The number of aromatic hydroxyl groups is 2. The van der Waals surface area contributed by atoms with Gasteiger partial charge in [0, 0.05) is 0 Å². The number of azo groups is 1. The minimum atomic E-state index is -0.250. The van der Waals surface area contributed by atoms with E-state index in [-0.39, 0.29) is 18.0 Å². The van der Waals surface area contributed by atoms with E-state index < -0.39 is 0 Å². The van der Waals surface area contributed by atoms with Crippen LogP contribution in [0.25, 0.3) is 0 Å². The number of nitrogens with zero attached hydrogens (tertiary/aromatic N) is 2. The van der Waals surface area contributed by atoms with Gasteiger partial charge < -0.3 is 15.3 Å². The molecule has 0 saturated heterocycles. The summed E-state index contributed by atoms with van der Waals surface area (Å²) in [6.07, 6.45) is 0.744. The van der Waals surface area contributed by atoms with E-state index in [4.69, 9.17) is 9.90 Å². The number of phenolic OH excluding ortho intramolecular Hbond substituents is 2. The zero-order valence-electron chi connectivity index (χ0n) is 14.4. The molecule has 3 N–H and O–H groups in total. The van der Waals surface area contributed by atoms with Crippen LogP contribution < -0.4 is 0 Å². The van der Waals surface area contributed by atoms with Gasteiger partial charge in [-0.1, -0.05) is 20.8 Å². The molecular formula is C18H24N2O4. The lowest BCUT2D eigenvalue weighted by molar-refractivity contribution is -0.122. The van der Waals surface area contributed by atoms with Crippen LogP contribution in [0.15, 0.2) is 46.6 Å². The quantitative estimate of drug-likeness (QED) is 0.536. The molecule has 6 nitrogen and oxygen atoms in total. The van der Waals surface area contributed by atoms with E-state index in [9.17, 15) is 10.2 Å². The molecule has 0 aliphatic heterocycles. The first-order chi connectivity index (χ1) is 11.5. The van der Waals surface area contributed by atoms with Crippen molar-refractivity contribution in [3.05, 3.63) is 47.5 Å². The van der Waals surface area contributed by atoms with E-state index in [1.807, 2.05) is 33.8 Å². The molecule has 0 heterocycles. The Hall–Kier alpha value is -2.89. The van der Waals surface area contributed by atoms with Crippen LogP contribution >= 0.6 is 0 Å². The highest BCUT2D eigenvalue weighted by molar-refractivity contribution is 5.49. The molecular weight excluding hydrogens is 308 g/mol. The maximum absolute atomic E-state index is 9.59. The Morgan fingerprint density at radius 1 is 0.958 bits per heavy atom. The normalized spacial score (nSPS) is 9.50. The molecule has 0 radical (unpaired) electrons. The highest BCUT2D eigenvalue weighted by Gasteiger charge is 2.00. The van der Waals surface area contributed by atoms with Crippen molar-refractivity contribution >= 4 is 17.8 Å². The van der Waals surface area contributed by atoms with E-state index in [1.54, 1.807) is 30.3 Å². The minimum Gasteiger partial charge on any atom is -0.508 e. The van der Waals surface area contributed by atoms with E-state index >= 15 is 0 Å². The summed E-state index contributed by atoms with van der Waals surface area (Å²) in [6.45, 7) is 7.53. The Morgan fingerprint density at radius 3 is 1.88 bits per heavy atom. The largest absolute Gasteiger partial charge is 0.508 e. The summed E-state index contributed by atoms with van der Waals surface area (Å²) in [6, 6.07) is 10.2. The monoisotopic (exact) mass is 332 g/mol. The number of carbonyl (C=O) groups is 1. The summed E-state index contributed by atoms with van der Waals surface area (Å²) in [5.74, 6) is 0.527. The van der Waals surface area contributed by atoms with Crippen LogP contribution in [0.4, 0.5) is 11.4 Å². The van der Waals surface area contributed by atoms with Crippen molar-refractivity contribution in [2.24, 2.45) is 10.2 Å². The molecule has 0 bridgehead atoms. The number of hydrogen-bond acceptors (Lipinski definition) is 5. The fourth-order valence-corrected chi connectivity index (χ4v) is 1.73. The maximum Gasteiger partial charge on any atom is 0.290 e. The van der Waals surface area contributed by atoms with Crippen LogP contribution in [0.1, 0.15) is 31.9 Å². The second kappa shape index (κ2) is 11.6. The smallest absolute Gasteiger partial charge is 0.290 e. The Morgan fingerprint density at radius 2 is 1.42 bits per heavy atom. The number of rotatable bonds is 3. The average Bonchev–Trinajstić information content (AvgIpc) is 2.59. The predicted octanol–water partition coefficient (Wildman–Crippen LogP) is 5.11. The summed E-state index contributed by atoms with van der Waals surface area (Å²) < 4.78 is 0. The first kappa shape index (κ1) is 21.1. The van der Waals surface area contributed by atoms with Gasteiger partial charge in [0.1, 0.15) is 11.5 Å². The van der Waals surface area contributed by atoms with Gasteiger partial charge in [0.05, 0.1) is 11.4 Å². The Bertz CT molecular complexity index is 670. The van der Waals surface area contributed by atoms with Crippen molar-refractivity contribution in [1.29, 1.82) is 0 Å². The van der Waals surface area contributed by atoms with Crippen LogP contribution in [0, 0.1) is 6.92 Å². The predicted molar refractivity (Wildman–Crippen MR) is 94.5 cm³/mol. The van der Waals surface area contributed by atoms with Gasteiger partial charge in [-0.05, 0) is 60.9 Å². The van der Waals surface area contributed by atoms with E-state index in [0.717, 1.165) is 17.5 Å². The average molecular weight is 332 g/mol. The van der Waals surface area contributed by atoms with Gasteiger partial charge in [0.25, 0.3) is 6.47 Å². The van der Waals surface area contributed by atoms with Crippen molar-refractivity contribution in [2.75, 3.05) is 0 Å². The fraction of sp³-hybridized carbons (Fsp3) is 0.278. The topological polar surface area (TPSA) is 102 Å². The first-order valence-electron chi connectivity index (χ1n) is 7.63. The van der Waals surface area contributed by atoms with Crippen LogP contribution in [0.3, 0.4) is 0 Å². The fourth-order valence-electron chi connectivity index (χ4n) is 1.73. The third-order valence-corrected chi connectivity index (χ3v) is 2.91. The van der Waals surface area contributed by atoms with Gasteiger partial charge in [-0.15, -0.1) is 0 Å². The summed E-state index contributed by atoms with van der Waals surface area (Å²) in [5, 5.41) is 34.1. The number of aryl methyl sites for hydroxylation is 2. The third kappa shape index (κ3) is 6.91. The Labute approximate surface area is 142 Å². The third-order valence-electron chi connectivity index (χ3n) is 2.91. The molecule has 0 atom stereocenters. The Balaban J connectivity index is 0.000000952. The standard InChI is InChI=1S/C15H16N2O2.C2H6.CH2O2/c1-3-11-9-13(5-7-15(11)19)17-16-12-4-6-14(18)10(2)8-12;1-2;2-1-3/h4-9,18-19H,3H2,1-2H3;1-2H3;1H,(H,2,3). The van der Waals surface area contributed by atoms with Crippen molar-refractivity contribution in [3.63, 3.8) is 0 Å². The van der Waals surface area contributed by atoms with Gasteiger partial charge in [-0.25, -0.2) is 0 Å². The van der Waals surface area contributed by atoms with E-state index in [2.05, 4.69) is 10.2 Å². The maximum atomic E-state index is 9.59. The highest BCUT2D eigenvalue weighted by Crippen LogP contribution is 2.27. The minimum absolute atomic E-state index is 0.247. The van der Waals surface area contributed by atoms with Crippen molar-refractivity contribution in [3.8, 4) is 11.5 Å². The molecule has 0 spiro atoms. The lowest BCUT2D eigenvalue weighted by Gasteiger charge is -2.02. The van der Waals surface area contributed by atoms with Crippen molar-refractivity contribution < 1.29 is 20.1 Å². The van der Waals surface area contributed by atoms with Crippen molar-refractivity contribution in [1.82, 2.24) is 0 Å². The molecule has 0 saturated carbocycles. The summed E-state index contributed by atoms with van der Waals surface area (Å²) in [7, 11) is 0. The Kier molecular flexibility index (Phi) is 10.2. The van der Waals surface area contributed by atoms with Crippen LogP contribution in [0.2, 0.25) is 0 Å². The van der Waals surface area contributed by atoms with Crippen LogP contribution in [-0.4, -0.2) is 21.8 Å². The molecule has 0 aliphatic rings. The second-order valence-corrected chi connectivity index (χ2v) is 4.44. The highest BCUT2D eigenvalue weighted by atomic mass is 16.3. The number of phenols is 2. The summed E-state index contributed by atoms with van der Waals surface area (Å²) in [4.78, 5) is 8.36. The molecule has 2 aromatic carbocycles. The molecule has 0 fully saturated rings. The SMILES string of the molecule is CC.CCc1cc(N=Nc2ccc(O)c(C)c2)ccc1O.O=CO. The molecule has 0 aromatic heterocycles. The molecule has 130 valence electrons. The van der Waals surface area contributed by atoms with Gasteiger partial charge in [0.2, 0.25) is 0 Å². The number of carboxylic acid groups (broad SMARTS) is 1. The molecule has 0 amide bonds. The second-order valence-electron chi connectivity index (χ2n) is 4.44. The van der Waals surface area contributed by atoms with Gasteiger partial charge in [0.15, 0.2) is 0 Å².